The zero-order valence-corrected chi connectivity index (χ0v) is 4.83. The molecule has 46 valence electrons. The van der Waals surface area contributed by atoms with Gasteiger partial charge in [0.2, 0.25) is 6.41 Å². The lowest BCUT2D eigenvalue weighted by molar-refractivity contribution is -0.163. The molecule has 0 saturated heterocycles. The van der Waals surface area contributed by atoms with Gasteiger partial charge in [0.1, 0.15) is 0 Å². The van der Waals surface area contributed by atoms with Gasteiger partial charge in [-0.2, -0.15) is 0 Å². The van der Waals surface area contributed by atoms with E-state index in [1.807, 2.05) is 0 Å². The maximum Gasteiger partial charge on any atom is 0.233 e. The molecule has 0 N–H and O–H groups in total. The predicted octanol–water partition coefficient (Wildman–Crippen LogP) is 0.169. The second-order valence-corrected chi connectivity index (χ2v) is 1.88. The van der Waals surface area contributed by atoms with Crippen molar-refractivity contribution in [2.45, 2.75) is 18.9 Å². The first-order valence-corrected chi connectivity index (χ1v) is 2.66. The Kier molecular flexibility index (Phi) is 1.48. The standard InChI is InChI=1S/C5H9NO2/c1-8-6(4-7)5-2-3-5/h4-5H,2-3H2,1H3. The Balaban J connectivity index is 2.25. The van der Waals surface area contributed by atoms with Gasteiger partial charge >= 0.3 is 0 Å². The summed E-state index contributed by atoms with van der Waals surface area (Å²) < 4.78 is 0. The molecule has 1 amide bonds. The van der Waals surface area contributed by atoms with Gasteiger partial charge in [-0.25, -0.2) is 5.06 Å². The summed E-state index contributed by atoms with van der Waals surface area (Å²) in [5.41, 5.74) is 0. The monoisotopic (exact) mass is 115 g/mol. The molecule has 0 unspecified atom stereocenters. The minimum absolute atomic E-state index is 0.373. The highest BCUT2D eigenvalue weighted by atomic mass is 16.7. The van der Waals surface area contributed by atoms with Gasteiger partial charge in [-0.15, -0.1) is 0 Å². The Morgan fingerprint density at radius 1 is 1.75 bits per heavy atom. The molecule has 0 atom stereocenters. The first-order valence-electron chi connectivity index (χ1n) is 2.66. The summed E-state index contributed by atoms with van der Waals surface area (Å²) in [7, 11) is 1.51. The van der Waals surface area contributed by atoms with Crippen LogP contribution < -0.4 is 0 Å². The Morgan fingerprint density at radius 3 is 2.50 bits per heavy atom. The van der Waals surface area contributed by atoms with Gasteiger partial charge in [-0.05, 0) is 12.8 Å². The van der Waals surface area contributed by atoms with Crippen molar-refractivity contribution in [3.05, 3.63) is 0 Å². The number of carbonyl (C=O) groups is 1. The zero-order valence-electron chi connectivity index (χ0n) is 4.83. The molecule has 1 aliphatic carbocycles. The lowest BCUT2D eigenvalue weighted by atomic mass is 10.7. The van der Waals surface area contributed by atoms with Gasteiger partial charge in [0, 0.05) is 0 Å². The molecule has 1 saturated carbocycles. The molecule has 0 bridgehead atoms. The van der Waals surface area contributed by atoms with Gasteiger partial charge in [0.15, 0.2) is 0 Å². The lowest BCUT2D eigenvalue weighted by Crippen LogP contribution is -2.22. The van der Waals surface area contributed by atoms with Crippen molar-refractivity contribution in [2.75, 3.05) is 7.11 Å². The average Bonchev–Trinajstić information content (AvgIpc) is 2.53. The summed E-state index contributed by atoms with van der Waals surface area (Å²) in [6.45, 7) is 0. The first kappa shape index (κ1) is 5.56. The summed E-state index contributed by atoms with van der Waals surface area (Å²) in [6, 6.07) is 0.373. The third kappa shape index (κ3) is 0.980. The molecular formula is C5H9NO2. The molecule has 3 heteroatoms. The molecular weight excluding hydrogens is 106 g/mol. The summed E-state index contributed by atoms with van der Waals surface area (Å²) >= 11 is 0. The number of hydroxylamine groups is 2. The minimum Gasteiger partial charge on any atom is -0.276 e. The van der Waals surface area contributed by atoms with E-state index in [1.165, 1.54) is 12.2 Å². The predicted molar refractivity (Wildman–Crippen MR) is 27.9 cm³/mol. The highest BCUT2D eigenvalue weighted by Crippen LogP contribution is 2.24. The van der Waals surface area contributed by atoms with E-state index >= 15 is 0 Å². The number of hydrogen-bond donors (Lipinski definition) is 0. The fourth-order valence-corrected chi connectivity index (χ4v) is 0.607. The van der Waals surface area contributed by atoms with Crippen LogP contribution in [-0.4, -0.2) is 24.6 Å². The van der Waals surface area contributed by atoms with Crippen LogP contribution in [0.5, 0.6) is 0 Å². The van der Waals surface area contributed by atoms with Crippen LogP contribution >= 0.6 is 0 Å². The molecule has 1 aliphatic rings. The van der Waals surface area contributed by atoms with Crippen LogP contribution in [0.25, 0.3) is 0 Å². The van der Waals surface area contributed by atoms with Crippen molar-refractivity contribution in [3.63, 3.8) is 0 Å². The van der Waals surface area contributed by atoms with Crippen molar-refractivity contribution in [3.8, 4) is 0 Å². The molecule has 0 heterocycles. The first-order chi connectivity index (χ1) is 3.88. The highest BCUT2D eigenvalue weighted by Gasteiger charge is 2.28. The van der Waals surface area contributed by atoms with Crippen LogP contribution in [0.2, 0.25) is 0 Å². The Hall–Kier alpha value is -0.570. The van der Waals surface area contributed by atoms with Crippen LogP contribution in [0.4, 0.5) is 0 Å². The normalized spacial score (nSPS) is 18.1. The number of amides is 1. The van der Waals surface area contributed by atoms with Crippen molar-refractivity contribution < 1.29 is 9.63 Å². The maximum atomic E-state index is 10.0. The van der Waals surface area contributed by atoms with E-state index in [1.54, 1.807) is 0 Å². The third-order valence-electron chi connectivity index (χ3n) is 1.22. The van der Waals surface area contributed by atoms with E-state index in [0.29, 0.717) is 6.04 Å². The van der Waals surface area contributed by atoms with Crippen LogP contribution in [0, 0.1) is 0 Å². The van der Waals surface area contributed by atoms with Gasteiger partial charge in [0.05, 0.1) is 13.2 Å². The molecule has 0 spiro atoms. The van der Waals surface area contributed by atoms with E-state index < -0.39 is 0 Å². The lowest BCUT2D eigenvalue weighted by Gasteiger charge is -2.10. The molecule has 8 heavy (non-hydrogen) atoms. The Bertz CT molecular complexity index is 90.4. The fourth-order valence-electron chi connectivity index (χ4n) is 0.607. The van der Waals surface area contributed by atoms with E-state index in [2.05, 4.69) is 4.84 Å². The van der Waals surface area contributed by atoms with Crippen molar-refractivity contribution >= 4 is 6.41 Å². The SMILES string of the molecule is CON(C=O)C1CC1. The number of nitrogens with zero attached hydrogens (tertiary/aromatic N) is 1. The topological polar surface area (TPSA) is 29.5 Å². The second kappa shape index (κ2) is 2.13. The van der Waals surface area contributed by atoms with Gasteiger partial charge in [0.25, 0.3) is 0 Å². The smallest absolute Gasteiger partial charge is 0.233 e. The van der Waals surface area contributed by atoms with Crippen molar-refractivity contribution in [2.24, 2.45) is 0 Å². The van der Waals surface area contributed by atoms with Crippen LogP contribution in [0.1, 0.15) is 12.8 Å². The number of hydrogen-bond acceptors (Lipinski definition) is 2. The molecule has 1 fully saturated rings. The van der Waals surface area contributed by atoms with Crippen LogP contribution in [0.15, 0.2) is 0 Å². The highest BCUT2D eigenvalue weighted by molar-refractivity contribution is 5.46. The molecule has 0 aromatic rings. The zero-order chi connectivity index (χ0) is 5.98. The second-order valence-electron chi connectivity index (χ2n) is 1.88. The van der Waals surface area contributed by atoms with E-state index in [9.17, 15) is 4.79 Å². The van der Waals surface area contributed by atoms with Gasteiger partial charge in [-0.1, -0.05) is 0 Å². The van der Waals surface area contributed by atoms with E-state index in [-0.39, 0.29) is 0 Å². The summed E-state index contributed by atoms with van der Waals surface area (Å²) in [6.07, 6.45) is 2.90. The summed E-state index contributed by atoms with van der Waals surface area (Å²) in [4.78, 5) is 14.7. The average molecular weight is 115 g/mol. The van der Waals surface area contributed by atoms with Crippen LogP contribution in [-0.2, 0) is 9.63 Å². The summed E-state index contributed by atoms with van der Waals surface area (Å²) in [5.74, 6) is 0. The largest absolute Gasteiger partial charge is 0.276 e. The van der Waals surface area contributed by atoms with Crippen molar-refractivity contribution in [1.29, 1.82) is 0 Å². The van der Waals surface area contributed by atoms with Gasteiger partial charge in [-0.3, -0.25) is 9.63 Å². The molecule has 3 nitrogen and oxygen atoms in total. The fraction of sp³-hybridized carbons (Fsp3) is 0.800. The van der Waals surface area contributed by atoms with Crippen molar-refractivity contribution in [1.82, 2.24) is 5.06 Å². The summed E-state index contributed by atoms with van der Waals surface area (Å²) in [5, 5.41) is 1.35. The third-order valence-corrected chi connectivity index (χ3v) is 1.22. The molecule has 0 aromatic carbocycles. The minimum atomic E-state index is 0.373. The molecule has 0 aliphatic heterocycles. The van der Waals surface area contributed by atoms with Gasteiger partial charge < -0.3 is 0 Å². The number of rotatable bonds is 3. The maximum absolute atomic E-state index is 10.0. The number of carbonyl (C=O) groups excluding carboxylic acids is 1. The quantitative estimate of drug-likeness (QED) is 0.387. The molecule has 0 radical (unpaired) electrons. The Morgan fingerprint density at radius 2 is 2.38 bits per heavy atom. The van der Waals surface area contributed by atoms with E-state index in [4.69, 9.17) is 0 Å². The van der Waals surface area contributed by atoms with Crippen LogP contribution in [0.3, 0.4) is 0 Å². The molecule has 0 aromatic heterocycles. The van der Waals surface area contributed by atoms with E-state index in [0.717, 1.165) is 19.3 Å². The molecule has 1 rings (SSSR count). The Labute approximate surface area is 48.2 Å².